The quantitative estimate of drug-likeness (QED) is 0.763. The first-order valence-electron chi connectivity index (χ1n) is 7.83. The molecule has 0 aliphatic carbocycles. The highest BCUT2D eigenvalue weighted by molar-refractivity contribution is 9.10. The second-order valence-electron chi connectivity index (χ2n) is 5.93. The van der Waals surface area contributed by atoms with Crippen molar-refractivity contribution in [2.45, 2.75) is 25.1 Å². The van der Waals surface area contributed by atoms with Crippen molar-refractivity contribution >= 4 is 27.7 Å². The van der Waals surface area contributed by atoms with Crippen LogP contribution in [0.1, 0.15) is 18.4 Å². The van der Waals surface area contributed by atoms with Crippen molar-refractivity contribution in [3.05, 3.63) is 40.8 Å². The van der Waals surface area contributed by atoms with Crippen molar-refractivity contribution in [1.29, 1.82) is 0 Å². The Balaban J connectivity index is 1.60. The Morgan fingerprint density at radius 3 is 2.24 bits per heavy atom. The van der Waals surface area contributed by atoms with E-state index in [9.17, 15) is 13.2 Å². The van der Waals surface area contributed by atoms with Gasteiger partial charge in [-0.1, -0.05) is 0 Å². The molecule has 1 saturated heterocycles. The molecule has 0 N–H and O–H groups in total. The highest BCUT2D eigenvalue weighted by Gasteiger charge is 2.31. The third-order valence-electron chi connectivity index (χ3n) is 4.33. The fraction of sp³-hybridized carbons (Fsp3) is 0.438. The number of nitrogens with zero attached hydrogens (tertiary/aromatic N) is 5. The highest BCUT2D eigenvalue weighted by atomic mass is 79.9. The average Bonchev–Trinajstić information content (AvgIpc) is 2.61. The smallest absolute Gasteiger partial charge is 0.356 e. The van der Waals surface area contributed by atoms with Crippen molar-refractivity contribution in [3.8, 4) is 0 Å². The number of anilines is 2. The molecule has 0 radical (unpaired) electrons. The molecule has 0 bridgehead atoms. The first-order valence-corrected chi connectivity index (χ1v) is 8.62. The Hall–Kier alpha value is -1.90. The molecule has 0 amide bonds. The van der Waals surface area contributed by atoms with Crippen LogP contribution in [0.15, 0.2) is 35.2 Å². The maximum absolute atomic E-state index is 12.6. The van der Waals surface area contributed by atoms with E-state index in [-0.39, 0.29) is 6.04 Å². The highest BCUT2D eigenvalue weighted by Crippen LogP contribution is 2.30. The SMILES string of the molecule is CN(c1ncc(Br)cn1)C1CCN(c2ccc(C(F)(F)F)cn2)CC1. The topological polar surface area (TPSA) is 45.2 Å². The fourth-order valence-corrected chi connectivity index (χ4v) is 3.08. The number of piperidine rings is 1. The van der Waals surface area contributed by atoms with E-state index in [0.717, 1.165) is 42.7 Å². The summed E-state index contributed by atoms with van der Waals surface area (Å²) >= 11 is 3.31. The van der Waals surface area contributed by atoms with Gasteiger partial charge in [0, 0.05) is 44.8 Å². The molecule has 2 aromatic heterocycles. The molecule has 0 atom stereocenters. The predicted molar refractivity (Wildman–Crippen MR) is 92.6 cm³/mol. The minimum Gasteiger partial charge on any atom is -0.356 e. The zero-order chi connectivity index (χ0) is 18.0. The molecule has 1 aliphatic rings. The number of rotatable bonds is 3. The number of alkyl halides is 3. The lowest BCUT2D eigenvalue weighted by molar-refractivity contribution is -0.137. The Morgan fingerprint density at radius 2 is 1.72 bits per heavy atom. The van der Waals surface area contributed by atoms with Gasteiger partial charge in [0.25, 0.3) is 0 Å². The molecule has 3 heterocycles. The van der Waals surface area contributed by atoms with Gasteiger partial charge in [-0.05, 0) is 40.9 Å². The van der Waals surface area contributed by atoms with Crippen LogP contribution in [0.2, 0.25) is 0 Å². The Morgan fingerprint density at radius 1 is 1.08 bits per heavy atom. The summed E-state index contributed by atoms with van der Waals surface area (Å²) in [6, 6.07) is 2.80. The molecule has 5 nitrogen and oxygen atoms in total. The summed E-state index contributed by atoms with van der Waals surface area (Å²) in [5.74, 6) is 1.24. The molecule has 3 rings (SSSR count). The molecule has 25 heavy (non-hydrogen) atoms. The Kier molecular flexibility index (Phi) is 5.12. The van der Waals surface area contributed by atoms with Gasteiger partial charge in [0.1, 0.15) is 5.82 Å². The van der Waals surface area contributed by atoms with Crippen LogP contribution in [-0.4, -0.2) is 41.1 Å². The van der Waals surface area contributed by atoms with Crippen molar-refractivity contribution in [2.75, 3.05) is 29.9 Å². The van der Waals surface area contributed by atoms with Crippen LogP contribution in [0.25, 0.3) is 0 Å². The lowest BCUT2D eigenvalue weighted by atomic mass is 10.0. The molecule has 1 fully saturated rings. The van der Waals surface area contributed by atoms with Gasteiger partial charge in [0.2, 0.25) is 5.95 Å². The van der Waals surface area contributed by atoms with E-state index in [2.05, 4.69) is 30.9 Å². The summed E-state index contributed by atoms with van der Waals surface area (Å²) in [4.78, 5) is 16.6. The Labute approximate surface area is 152 Å². The van der Waals surface area contributed by atoms with Gasteiger partial charge in [-0.25, -0.2) is 15.0 Å². The molecule has 0 saturated carbocycles. The maximum atomic E-state index is 12.6. The number of halogens is 4. The average molecular weight is 416 g/mol. The molecule has 9 heteroatoms. The standard InChI is InChI=1S/C16H17BrF3N5/c1-24(15-22-9-12(17)10-23-15)13-4-6-25(7-5-13)14-3-2-11(8-21-14)16(18,19)20/h2-3,8-10,13H,4-7H2,1H3. The van der Waals surface area contributed by atoms with Crippen molar-refractivity contribution < 1.29 is 13.2 Å². The third kappa shape index (κ3) is 4.20. The van der Waals surface area contributed by atoms with E-state index in [4.69, 9.17) is 0 Å². The molecule has 0 unspecified atom stereocenters. The molecule has 2 aromatic rings. The zero-order valence-electron chi connectivity index (χ0n) is 13.5. The number of hydrogen-bond donors (Lipinski definition) is 0. The van der Waals surface area contributed by atoms with Crippen molar-refractivity contribution in [1.82, 2.24) is 15.0 Å². The minimum atomic E-state index is -4.36. The summed E-state index contributed by atoms with van der Waals surface area (Å²) in [7, 11) is 1.96. The van der Waals surface area contributed by atoms with E-state index in [0.29, 0.717) is 11.8 Å². The molecule has 0 spiro atoms. The first kappa shape index (κ1) is 17.9. The predicted octanol–water partition coefficient (Wildman–Crippen LogP) is 3.76. The second-order valence-corrected chi connectivity index (χ2v) is 6.85. The van der Waals surface area contributed by atoms with Gasteiger partial charge in [0.15, 0.2) is 0 Å². The summed E-state index contributed by atoms with van der Waals surface area (Å²) in [5, 5.41) is 0. The molecular weight excluding hydrogens is 399 g/mol. The van der Waals surface area contributed by atoms with Crippen LogP contribution in [0.5, 0.6) is 0 Å². The van der Waals surface area contributed by atoms with E-state index in [1.54, 1.807) is 12.4 Å². The Bertz CT molecular complexity index is 697. The van der Waals surface area contributed by atoms with Crippen LogP contribution in [0, 0.1) is 0 Å². The minimum absolute atomic E-state index is 0.284. The zero-order valence-corrected chi connectivity index (χ0v) is 15.1. The summed E-state index contributed by atoms with van der Waals surface area (Å²) < 4.78 is 38.7. The largest absolute Gasteiger partial charge is 0.417 e. The van der Waals surface area contributed by atoms with Gasteiger partial charge in [0.05, 0.1) is 10.0 Å². The summed E-state index contributed by atoms with van der Waals surface area (Å²) in [6.45, 7) is 1.45. The lowest BCUT2D eigenvalue weighted by Crippen LogP contribution is -2.44. The van der Waals surface area contributed by atoms with Crippen molar-refractivity contribution in [2.24, 2.45) is 0 Å². The summed E-state index contributed by atoms with van der Waals surface area (Å²) in [5.41, 5.74) is -0.724. The summed E-state index contributed by atoms with van der Waals surface area (Å²) in [6.07, 6.45) is 1.67. The van der Waals surface area contributed by atoms with Crippen LogP contribution < -0.4 is 9.80 Å². The lowest BCUT2D eigenvalue weighted by Gasteiger charge is -2.37. The van der Waals surface area contributed by atoms with Gasteiger partial charge in [-0.2, -0.15) is 13.2 Å². The number of hydrogen-bond acceptors (Lipinski definition) is 5. The van der Waals surface area contributed by atoms with Crippen LogP contribution in [0.4, 0.5) is 24.9 Å². The number of aromatic nitrogens is 3. The van der Waals surface area contributed by atoms with E-state index >= 15 is 0 Å². The molecule has 1 aliphatic heterocycles. The van der Waals surface area contributed by atoms with Crippen LogP contribution >= 0.6 is 15.9 Å². The van der Waals surface area contributed by atoms with Crippen molar-refractivity contribution in [3.63, 3.8) is 0 Å². The monoisotopic (exact) mass is 415 g/mol. The van der Waals surface area contributed by atoms with Gasteiger partial charge in [-0.15, -0.1) is 0 Å². The molecule has 0 aromatic carbocycles. The van der Waals surface area contributed by atoms with Crippen LogP contribution in [-0.2, 0) is 6.18 Å². The van der Waals surface area contributed by atoms with Gasteiger partial charge >= 0.3 is 6.18 Å². The fourth-order valence-electron chi connectivity index (χ4n) is 2.87. The van der Waals surface area contributed by atoms with E-state index in [1.807, 2.05) is 16.8 Å². The van der Waals surface area contributed by atoms with E-state index < -0.39 is 11.7 Å². The first-order chi connectivity index (χ1) is 11.8. The maximum Gasteiger partial charge on any atom is 0.417 e. The van der Waals surface area contributed by atoms with Crippen LogP contribution in [0.3, 0.4) is 0 Å². The normalized spacial score (nSPS) is 16.1. The second kappa shape index (κ2) is 7.15. The third-order valence-corrected chi connectivity index (χ3v) is 4.74. The van der Waals surface area contributed by atoms with Gasteiger partial charge in [-0.3, -0.25) is 0 Å². The van der Waals surface area contributed by atoms with E-state index in [1.165, 1.54) is 6.07 Å². The number of pyridine rings is 1. The molecule has 134 valence electrons. The molecular formula is C16H17BrF3N5. The van der Waals surface area contributed by atoms with Gasteiger partial charge < -0.3 is 9.80 Å².